The van der Waals surface area contributed by atoms with Crippen LogP contribution in [0.25, 0.3) is 11.0 Å². The summed E-state index contributed by atoms with van der Waals surface area (Å²) in [6.07, 6.45) is 0.878. The maximum absolute atomic E-state index is 6.04. The van der Waals surface area contributed by atoms with Crippen LogP contribution in [0.3, 0.4) is 0 Å². The number of imidazole rings is 1. The van der Waals surface area contributed by atoms with Gasteiger partial charge in [-0.1, -0.05) is 24.3 Å². The van der Waals surface area contributed by atoms with Gasteiger partial charge in [0.1, 0.15) is 29.7 Å². The number of benzene rings is 3. The zero-order valence-corrected chi connectivity index (χ0v) is 18.3. The van der Waals surface area contributed by atoms with Crippen molar-refractivity contribution < 1.29 is 14.2 Å². The van der Waals surface area contributed by atoms with Crippen LogP contribution in [0.5, 0.6) is 17.2 Å². The van der Waals surface area contributed by atoms with Gasteiger partial charge in [0.15, 0.2) is 0 Å². The van der Waals surface area contributed by atoms with Crippen LogP contribution in [0.2, 0.25) is 0 Å². The number of para-hydroxylation sites is 2. The van der Waals surface area contributed by atoms with Crippen LogP contribution < -0.4 is 14.2 Å². The Hall–Kier alpha value is -3.47. The molecule has 0 aliphatic rings. The molecule has 0 N–H and O–H groups in total. The summed E-state index contributed by atoms with van der Waals surface area (Å²) in [7, 11) is 1.65. The molecule has 5 nitrogen and oxygen atoms in total. The monoisotopic (exact) mass is 416 g/mol. The lowest BCUT2D eigenvalue weighted by atomic mass is 10.1. The summed E-state index contributed by atoms with van der Waals surface area (Å²) >= 11 is 0. The largest absolute Gasteiger partial charge is 0.497 e. The molecule has 1 heterocycles. The van der Waals surface area contributed by atoms with E-state index in [-0.39, 0.29) is 0 Å². The van der Waals surface area contributed by atoms with Crippen molar-refractivity contribution in [3.8, 4) is 17.2 Å². The van der Waals surface area contributed by atoms with Crippen LogP contribution in [0.1, 0.15) is 23.4 Å². The van der Waals surface area contributed by atoms with Crippen LogP contribution >= 0.6 is 0 Å². The fourth-order valence-corrected chi connectivity index (χ4v) is 3.57. The van der Waals surface area contributed by atoms with Crippen LogP contribution in [-0.2, 0) is 13.2 Å². The standard InChI is InChI=1S/C26H28N2O3/c1-19-9-10-20(2)25(17-19)30-16-6-15-28-24-8-5-4-7-23(24)27-26(28)18-31-22-13-11-21(29-3)12-14-22/h4-5,7-14,17H,6,15-16,18H2,1-3H3. The van der Waals surface area contributed by atoms with E-state index in [4.69, 9.17) is 19.2 Å². The smallest absolute Gasteiger partial charge is 0.147 e. The first-order valence-electron chi connectivity index (χ1n) is 10.5. The molecule has 0 saturated carbocycles. The van der Waals surface area contributed by atoms with E-state index < -0.39 is 0 Å². The topological polar surface area (TPSA) is 45.5 Å². The number of aryl methyl sites for hydroxylation is 3. The highest BCUT2D eigenvalue weighted by molar-refractivity contribution is 5.75. The second-order valence-electron chi connectivity index (χ2n) is 7.60. The molecule has 0 aliphatic carbocycles. The van der Waals surface area contributed by atoms with E-state index >= 15 is 0 Å². The molecule has 0 fully saturated rings. The average molecular weight is 417 g/mol. The van der Waals surface area contributed by atoms with Gasteiger partial charge < -0.3 is 18.8 Å². The summed E-state index contributed by atoms with van der Waals surface area (Å²) in [5, 5.41) is 0. The Labute approximate surface area is 183 Å². The number of hydrogen-bond donors (Lipinski definition) is 0. The van der Waals surface area contributed by atoms with E-state index in [1.54, 1.807) is 7.11 Å². The number of aromatic nitrogens is 2. The molecule has 0 unspecified atom stereocenters. The van der Waals surface area contributed by atoms with Gasteiger partial charge in [0.05, 0.1) is 24.8 Å². The fourth-order valence-electron chi connectivity index (χ4n) is 3.57. The molecule has 0 atom stereocenters. The van der Waals surface area contributed by atoms with E-state index in [0.717, 1.165) is 52.6 Å². The molecule has 0 aliphatic heterocycles. The van der Waals surface area contributed by atoms with Crippen molar-refractivity contribution in [2.24, 2.45) is 0 Å². The van der Waals surface area contributed by atoms with Gasteiger partial charge in [-0.2, -0.15) is 0 Å². The normalized spacial score (nSPS) is 10.9. The minimum Gasteiger partial charge on any atom is -0.497 e. The van der Waals surface area contributed by atoms with Gasteiger partial charge in [-0.25, -0.2) is 4.98 Å². The Morgan fingerprint density at radius 1 is 0.871 bits per heavy atom. The van der Waals surface area contributed by atoms with Crippen molar-refractivity contribution in [1.29, 1.82) is 0 Å². The summed E-state index contributed by atoms with van der Waals surface area (Å²) in [6.45, 7) is 6.02. The molecule has 160 valence electrons. The number of nitrogens with zero attached hydrogens (tertiary/aromatic N) is 2. The van der Waals surface area contributed by atoms with Crippen molar-refractivity contribution in [3.05, 3.63) is 83.7 Å². The van der Waals surface area contributed by atoms with Crippen molar-refractivity contribution in [1.82, 2.24) is 9.55 Å². The molecule has 4 aromatic rings. The third kappa shape index (κ3) is 5.00. The average Bonchev–Trinajstić information content (AvgIpc) is 3.15. The Kier molecular flexibility index (Phi) is 6.41. The highest BCUT2D eigenvalue weighted by Crippen LogP contribution is 2.22. The lowest BCUT2D eigenvalue weighted by Crippen LogP contribution is -2.10. The van der Waals surface area contributed by atoms with E-state index in [1.165, 1.54) is 5.56 Å². The molecule has 0 amide bonds. The Morgan fingerprint density at radius 2 is 1.65 bits per heavy atom. The molecule has 4 rings (SSSR count). The summed E-state index contributed by atoms with van der Waals surface area (Å²) in [5.41, 5.74) is 4.46. The molecule has 0 saturated heterocycles. The number of fused-ring (bicyclic) bond motifs is 1. The minimum atomic E-state index is 0.402. The third-order valence-electron chi connectivity index (χ3n) is 5.29. The maximum atomic E-state index is 6.04. The summed E-state index contributed by atoms with van der Waals surface area (Å²) < 4.78 is 19.5. The quantitative estimate of drug-likeness (QED) is 0.328. The highest BCUT2D eigenvalue weighted by atomic mass is 16.5. The SMILES string of the molecule is COc1ccc(OCc2nc3ccccc3n2CCCOc2cc(C)ccc2C)cc1. The van der Waals surface area contributed by atoms with Gasteiger partial charge >= 0.3 is 0 Å². The van der Waals surface area contributed by atoms with Gasteiger partial charge in [0.25, 0.3) is 0 Å². The number of methoxy groups -OCH3 is 1. The van der Waals surface area contributed by atoms with Crippen molar-refractivity contribution >= 4 is 11.0 Å². The van der Waals surface area contributed by atoms with Gasteiger partial charge in [0.2, 0.25) is 0 Å². The van der Waals surface area contributed by atoms with Gasteiger partial charge in [-0.3, -0.25) is 0 Å². The third-order valence-corrected chi connectivity index (χ3v) is 5.29. The van der Waals surface area contributed by atoms with Crippen LogP contribution in [-0.4, -0.2) is 23.3 Å². The number of hydrogen-bond acceptors (Lipinski definition) is 4. The molecule has 0 spiro atoms. The Morgan fingerprint density at radius 3 is 2.45 bits per heavy atom. The molecule has 0 bridgehead atoms. The fraction of sp³-hybridized carbons (Fsp3) is 0.269. The van der Waals surface area contributed by atoms with Gasteiger partial charge in [0, 0.05) is 6.54 Å². The summed E-state index contributed by atoms with van der Waals surface area (Å²) in [4.78, 5) is 4.80. The first-order chi connectivity index (χ1) is 15.1. The Balaban J connectivity index is 1.43. The van der Waals surface area contributed by atoms with E-state index in [1.807, 2.05) is 42.5 Å². The lowest BCUT2D eigenvalue weighted by Gasteiger charge is -2.13. The molecule has 0 radical (unpaired) electrons. The predicted octanol–water partition coefficient (Wildman–Crippen LogP) is 5.71. The molecule has 3 aromatic carbocycles. The van der Waals surface area contributed by atoms with E-state index in [0.29, 0.717) is 13.2 Å². The molecule has 5 heteroatoms. The first-order valence-corrected chi connectivity index (χ1v) is 10.5. The van der Waals surface area contributed by atoms with Crippen LogP contribution in [0.15, 0.2) is 66.7 Å². The van der Waals surface area contributed by atoms with E-state index in [9.17, 15) is 0 Å². The molecule has 31 heavy (non-hydrogen) atoms. The Bertz CT molecular complexity index is 1150. The molecular formula is C26H28N2O3. The van der Waals surface area contributed by atoms with Crippen molar-refractivity contribution in [2.45, 2.75) is 33.4 Å². The highest BCUT2D eigenvalue weighted by Gasteiger charge is 2.11. The second kappa shape index (κ2) is 9.56. The molecule has 1 aromatic heterocycles. The van der Waals surface area contributed by atoms with Crippen LogP contribution in [0.4, 0.5) is 0 Å². The van der Waals surface area contributed by atoms with Crippen LogP contribution in [0, 0.1) is 13.8 Å². The number of rotatable bonds is 9. The van der Waals surface area contributed by atoms with Crippen molar-refractivity contribution in [3.63, 3.8) is 0 Å². The lowest BCUT2D eigenvalue weighted by molar-refractivity contribution is 0.279. The second-order valence-corrected chi connectivity index (χ2v) is 7.60. The molecular weight excluding hydrogens is 388 g/mol. The number of ether oxygens (including phenoxy) is 3. The van der Waals surface area contributed by atoms with Gasteiger partial charge in [-0.05, 0) is 73.9 Å². The zero-order chi connectivity index (χ0) is 21.6. The summed E-state index contributed by atoms with van der Waals surface area (Å²) in [5.74, 6) is 3.46. The van der Waals surface area contributed by atoms with E-state index in [2.05, 4.69) is 42.7 Å². The predicted molar refractivity (Wildman–Crippen MR) is 123 cm³/mol. The van der Waals surface area contributed by atoms with Crippen molar-refractivity contribution in [2.75, 3.05) is 13.7 Å². The minimum absolute atomic E-state index is 0.402. The zero-order valence-electron chi connectivity index (χ0n) is 18.3. The first kappa shape index (κ1) is 20.8. The van der Waals surface area contributed by atoms with Gasteiger partial charge in [-0.15, -0.1) is 0 Å². The summed E-state index contributed by atoms with van der Waals surface area (Å²) in [6, 6.07) is 22.1. The maximum Gasteiger partial charge on any atom is 0.147 e.